The van der Waals surface area contributed by atoms with E-state index in [4.69, 9.17) is 15.0 Å². The molecule has 0 fully saturated rings. The Balaban J connectivity index is 1.75. The number of nitrogens with one attached hydrogen (secondary N) is 3. The molecule has 0 aliphatic carbocycles. The number of rotatable bonds is 10. The van der Waals surface area contributed by atoms with E-state index in [2.05, 4.69) is 20.7 Å². The zero-order chi connectivity index (χ0) is 27.6. The van der Waals surface area contributed by atoms with Gasteiger partial charge in [-0.1, -0.05) is 23.4 Å². The number of aromatic amines is 1. The number of hydrogen-bond acceptors (Lipinski definition) is 8. The van der Waals surface area contributed by atoms with Gasteiger partial charge in [0.15, 0.2) is 5.82 Å². The number of amides is 1. The van der Waals surface area contributed by atoms with E-state index in [1.54, 1.807) is 24.6 Å². The summed E-state index contributed by atoms with van der Waals surface area (Å²) in [5, 5.41) is 13.2. The molecule has 1 unspecified atom stereocenters. The Morgan fingerprint density at radius 2 is 1.87 bits per heavy atom. The largest absolute Gasteiger partial charge is 0.484 e. The van der Waals surface area contributed by atoms with E-state index in [1.807, 2.05) is 0 Å². The van der Waals surface area contributed by atoms with Gasteiger partial charge in [0.05, 0.1) is 17.1 Å². The molecular weight excluding hydrogens is 529 g/mol. The lowest BCUT2D eigenvalue weighted by Gasteiger charge is -2.19. The normalized spacial score (nSPS) is 12.4. The van der Waals surface area contributed by atoms with Gasteiger partial charge in [-0.25, -0.2) is 12.8 Å². The van der Waals surface area contributed by atoms with Crippen LogP contribution in [-0.4, -0.2) is 35.4 Å². The van der Waals surface area contributed by atoms with E-state index >= 15 is 0 Å². The molecule has 0 spiro atoms. The highest BCUT2D eigenvalue weighted by molar-refractivity contribution is 7.93. The van der Waals surface area contributed by atoms with Gasteiger partial charge in [-0.2, -0.15) is 13.9 Å². The van der Waals surface area contributed by atoms with Gasteiger partial charge in [0, 0.05) is 11.6 Å². The van der Waals surface area contributed by atoms with Crippen molar-refractivity contribution in [3.8, 4) is 17.0 Å². The quantitative estimate of drug-likeness (QED) is 0.225. The minimum Gasteiger partial charge on any atom is -0.484 e. The van der Waals surface area contributed by atoms with Gasteiger partial charge < -0.3 is 20.3 Å². The number of carbonyl (C=O) groups excluding carboxylic acids is 1. The lowest BCUT2D eigenvalue weighted by molar-refractivity contribution is 0.100. The van der Waals surface area contributed by atoms with Gasteiger partial charge in [0.2, 0.25) is 5.88 Å². The van der Waals surface area contributed by atoms with Crippen molar-refractivity contribution in [2.75, 3.05) is 10.0 Å². The third-order valence-electron chi connectivity index (χ3n) is 5.28. The van der Waals surface area contributed by atoms with Crippen LogP contribution in [0, 0.1) is 12.7 Å². The van der Waals surface area contributed by atoms with Crippen LogP contribution in [0.15, 0.2) is 53.1 Å². The summed E-state index contributed by atoms with van der Waals surface area (Å²) >= 11 is 0. The maximum Gasteiger partial charge on any atom is 0.355 e. The predicted molar refractivity (Wildman–Crippen MR) is 131 cm³/mol. The van der Waals surface area contributed by atoms with Crippen molar-refractivity contribution in [3.63, 3.8) is 0 Å². The molecule has 0 aliphatic rings. The highest BCUT2D eigenvalue weighted by Crippen LogP contribution is 2.37. The van der Waals surface area contributed by atoms with Crippen molar-refractivity contribution in [3.05, 3.63) is 71.2 Å². The Kier molecular flexibility index (Phi) is 7.30. The molecule has 11 nitrogen and oxygen atoms in total. The summed E-state index contributed by atoms with van der Waals surface area (Å²) in [7, 11) is -5.04. The fourth-order valence-corrected chi connectivity index (χ4v) is 4.03. The number of anilines is 3. The Labute approximate surface area is 214 Å². The number of ether oxygens (including phenoxy) is 1. The molecule has 200 valence electrons. The molecule has 0 saturated carbocycles. The zero-order valence-electron chi connectivity index (χ0n) is 19.8. The van der Waals surface area contributed by atoms with Crippen molar-refractivity contribution in [2.45, 2.75) is 25.7 Å². The van der Waals surface area contributed by atoms with Crippen LogP contribution < -0.4 is 20.5 Å². The van der Waals surface area contributed by atoms with E-state index < -0.39 is 33.6 Å². The number of nitrogens with zero attached hydrogens (tertiary/aromatic N) is 2. The zero-order valence-corrected chi connectivity index (χ0v) is 20.6. The summed E-state index contributed by atoms with van der Waals surface area (Å²) < 4.78 is 75.9. The molecule has 2 aromatic heterocycles. The molecule has 5 N–H and O–H groups in total. The fourth-order valence-electron chi connectivity index (χ4n) is 3.47. The SMILES string of the molecule is Cc1cc(Nc2n[nH]c(-c3ccc(NS(=O)(=O)C(F)F)c(OC(C)c4ccc(F)cc4)c3)c2C(N)=O)on1. The Morgan fingerprint density at radius 3 is 2.47 bits per heavy atom. The standard InChI is InChI=1S/C23H21F3N6O5S/c1-11-9-18(37-31-11)28-22-19(21(27)33)20(29-30-22)14-5-8-16(32-38(34,35)23(25)26)17(10-14)36-12(2)13-3-6-15(24)7-4-13/h3-10,12,23,32H,1-2H3,(H2,27,33)(H2,28,29,30). The number of H-pyrrole nitrogens is 1. The summed E-state index contributed by atoms with van der Waals surface area (Å²) in [6.07, 6.45) is -0.759. The number of aromatic nitrogens is 3. The van der Waals surface area contributed by atoms with Crippen LogP contribution in [0.5, 0.6) is 5.75 Å². The third-order valence-corrected chi connectivity index (χ3v) is 6.26. The summed E-state index contributed by atoms with van der Waals surface area (Å²) in [5.74, 6) is -4.99. The van der Waals surface area contributed by atoms with Crippen molar-refractivity contribution in [2.24, 2.45) is 5.73 Å². The third kappa shape index (κ3) is 5.72. The lowest BCUT2D eigenvalue weighted by atomic mass is 10.1. The number of halogens is 3. The van der Waals surface area contributed by atoms with Crippen molar-refractivity contribution >= 4 is 33.3 Å². The van der Waals surface area contributed by atoms with Gasteiger partial charge in [0.25, 0.3) is 15.9 Å². The predicted octanol–water partition coefficient (Wildman–Crippen LogP) is 4.46. The monoisotopic (exact) mass is 550 g/mol. The van der Waals surface area contributed by atoms with E-state index in [9.17, 15) is 26.4 Å². The Bertz CT molecular complexity index is 1570. The van der Waals surface area contributed by atoms with Crippen LogP contribution in [-0.2, 0) is 10.0 Å². The average Bonchev–Trinajstić information content (AvgIpc) is 3.46. The number of sulfonamides is 1. The van der Waals surface area contributed by atoms with Crippen LogP contribution in [0.4, 0.5) is 30.6 Å². The van der Waals surface area contributed by atoms with Crippen LogP contribution in [0.2, 0.25) is 0 Å². The lowest BCUT2D eigenvalue weighted by Crippen LogP contribution is -2.21. The number of alkyl halides is 2. The van der Waals surface area contributed by atoms with Crippen LogP contribution in [0.1, 0.15) is 34.6 Å². The highest BCUT2D eigenvalue weighted by atomic mass is 32.2. The minimum atomic E-state index is -5.04. The van der Waals surface area contributed by atoms with E-state index in [-0.39, 0.29) is 40.0 Å². The molecule has 4 rings (SSSR count). The second kappa shape index (κ2) is 10.5. The van der Waals surface area contributed by atoms with Crippen molar-refractivity contribution in [1.29, 1.82) is 0 Å². The molecule has 0 saturated heterocycles. The Morgan fingerprint density at radius 1 is 1.16 bits per heavy atom. The first-order chi connectivity index (χ1) is 17.9. The van der Waals surface area contributed by atoms with Crippen molar-refractivity contribution < 1.29 is 35.6 Å². The molecule has 1 amide bonds. The smallest absolute Gasteiger partial charge is 0.355 e. The van der Waals surface area contributed by atoms with Crippen LogP contribution in [0.25, 0.3) is 11.3 Å². The summed E-state index contributed by atoms with van der Waals surface area (Å²) in [6, 6.07) is 10.7. The number of nitrogens with two attached hydrogens (primary N) is 1. The summed E-state index contributed by atoms with van der Waals surface area (Å²) in [4.78, 5) is 12.3. The molecule has 15 heteroatoms. The summed E-state index contributed by atoms with van der Waals surface area (Å²) in [5.41, 5.74) is 6.70. The maximum absolute atomic E-state index is 13.3. The molecule has 4 aromatic rings. The number of hydrogen-bond donors (Lipinski definition) is 4. The maximum atomic E-state index is 13.3. The molecule has 1 atom stereocenters. The van der Waals surface area contributed by atoms with Gasteiger partial charge in [-0.15, -0.1) is 0 Å². The van der Waals surface area contributed by atoms with Gasteiger partial charge in [-0.05, 0) is 43.7 Å². The average molecular weight is 551 g/mol. The topological polar surface area (TPSA) is 165 Å². The summed E-state index contributed by atoms with van der Waals surface area (Å²) in [6.45, 7) is 3.29. The van der Waals surface area contributed by atoms with Crippen LogP contribution >= 0.6 is 0 Å². The fraction of sp³-hybridized carbons (Fsp3) is 0.174. The highest BCUT2D eigenvalue weighted by Gasteiger charge is 2.27. The molecule has 2 aromatic carbocycles. The number of primary amides is 1. The van der Waals surface area contributed by atoms with Crippen molar-refractivity contribution in [1.82, 2.24) is 15.4 Å². The first-order valence-corrected chi connectivity index (χ1v) is 12.4. The number of carbonyl (C=O) groups is 1. The van der Waals surface area contributed by atoms with E-state index in [0.717, 1.165) is 0 Å². The molecule has 38 heavy (non-hydrogen) atoms. The minimum absolute atomic E-state index is 0.0216. The molecule has 0 aliphatic heterocycles. The number of benzene rings is 2. The second-order valence-corrected chi connectivity index (χ2v) is 9.72. The van der Waals surface area contributed by atoms with Crippen LogP contribution in [0.3, 0.4) is 0 Å². The molecule has 0 bridgehead atoms. The van der Waals surface area contributed by atoms with E-state index in [0.29, 0.717) is 11.3 Å². The Hall–Kier alpha value is -4.53. The van der Waals surface area contributed by atoms with E-state index in [1.165, 1.54) is 42.5 Å². The molecular formula is C23H21F3N6O5S. The first kappa shape index (κ1) is 26.5. The molecule has 0 radical (unpaired) electrons. The van der Waals surface area contributed by atoms with Gasteiger partial charge in [0.1, 0.15) is 23.2 Å². The first-order valence-electron chi connectivity index (χ1n) is 10.9. The number of aryl methyl sites for hydroxylation is 1. The second-order valence-electron chi connectivity index (χ2n) is 8.07. The molecule has 2 heterocycles. The van der Waals surface area contributed by atoms with Gasteiger partial charge in [-0.3, -0.25) is 14.6 Å². The van der Waals surface area contributed by atoms with Gasteiger partial charge >= 0.3 is 5.76 Å².